The molecule has 1 aliphatic heterocycles. The molecule has 0 saturated carbocycles. The average molecular weight is 460 g/mol. The molecular formula is C25H24N4O5. The van der Waals surface area contributed by atoms with Crippen LogP contribution in [0.25, 0.3) is 0 Å². The summed E-state index contributed by atoms with van der Waals surface area (Å²) in [6.07, 6.45) is 3.13. The first kappa shape index (κ1) is 22.8. The van der Waals surface area contributed by atoms with Crippen molar-refractivity contribution in [3.8, 4) is 0 Å². The number of amides is 5. The SMILES string of the molecule is CCCCN1C(=O)c2ccc(C(=O)Nc3ccc(NC(=O)NCc4ccco4)cc3)cc2C1=O. The van der Waals surface area contributed by atoms with E-state index < -0.39 is 11.9 Å². The standard InChI is InChI=1S/C25H24N4O5/c1-2-3-12-29-23(31)20-11-6-16(14-21(20)24(29)32)22(30)27-17-7-9-18(10-8-17)28-25(33)26-15-19-5-4-13-34-19/h4-11,13-14H,2-3,12,15H2,1H3,(H,27,30)(H2,26,28,33). The van der Waals surface area contributed by atoms with Crippen LogP contribution in [0, 0.1) is 0 Å². The predicted molar refractivity (Wildman–Crippen MR) is 126 cm³/mol. The Morgan fingerprint density at radius 1 is 0.912 bits per heavy atom. The van der Waals surface area contributed by atoms with Gasteiger partial charge in [0.05, 0.1) is 23.9 Å². The van der Waals surface area contributed by atoms with E-state index in [0.717, 1.165) is 12.8 Å². The van der Waals surface area contributed by atoms with Gasteiger partial charge in [-0.15, -0.1) is 0 Å². The lowest BCUT2D eigenvalue weighted by molar-refractivity contribution is 0.0652. The first-order chi connectivity index (χ1) is 16.5. The highest BCUT2D eigenvalue weighted by atomic mass is 16.3. The van der Waals surface area contributed by atoms with Crippen LogP contribution >= 0.6 is 0 Å². The second kappa shape index (κ2) is 10.0. The molecule has 0 atom stereocenters. The molecule has 0 radical (unpaired) electrons. The summed E-state index contributed by atoms with van der Waals surface area (Å²) in [5.41, 5.74) is 1.90. The van der Waals surface area contributed by atoms with E-state index in [2.05, 4.69) is 16.0 Å². The summed E-state index contributed by atoms with van der Waals surface area (Å²) >= 11 is 0. The topological polar surface area (TPSA) is 121 Å². The van der Waals surface area contributed by atoms with Crippen LogP contribution in [-0.4, -0.2) is 35.2 Å². The Bertz CT molecular complexity index is 1220. The van der Waals surface area contributed by atoms with Gasteiger partial charge in [0.2, 0.25) is 0 Å². The smallest absolute Gasteiger partial charge is 0.319 e. The summed E-state index contributed by atoms with van der Waals surface area (Å²) in [5, 5.41) is 8.12. The fourth-order valence-electron chi connectivity index (χ4n) is 3.55. The third-order valence-electron chi connectivity index (χ3n) is 5.37. The first-order valence-electron chi connectivity index (χ1n) is 10.9. The lowest BCUT2D eigenvalue weighted by atomic mass is 10.1. The number of carbonyl (C=O) groups excluding carboxylic acids is 4. The number of carbonyl (C=O) groups is 4. The number of unbranched alkanes of at least 4 members (excludes halogenated alkanes) is 1. The second-order valence-corrected chi connectivity index (χ2v) is 7.79. The normalized spacial score (nSPS) is 12.4. The average Bonchev–Trinajstić information content (AvgIpc) is 3.44. The molecule has 2 aromatic carbocycles. The maximum absolute atomic E-state index is 12.7. The fourth-order valence-corrected chi connectivity index (χ4v) is 3.55. The van der Waals surface area contributed by atoms with Gasteiger partial charge < -0.3 is 20.4 Å². The third-order valence-corrected chi connectivity index (χ3v) is 5.37. The number of hydrogen-bond donors (Lipinski definition) is 3. The van der Waals surface area contributed by atoms with E-state index in [-0.39, 0.29) is 29.5 Å². The number of hydrogen-bond acceptors (Lipinski definition) is 5. The molecular weight excluding hydrogens is 436 g/mol. The van der Waals surface area contributed by atoms with Crippen LogP contribution in [0.1, 0.15) is 56.6 Å². The molecule has 1 aliphatic rings. The molecule has 3 N–H and O–H groups in total. The molecule has 1 aromatic heterocycles. The van der Waals surface area contributed by atoms with Gasteiger partial charge in [-0.2, -0.15) is 0 Å². The highest BCUT2D eigenvalue weighted by Crippen LogP contribution is 2.25. The number of imide groups is 1. The quantitative estimate of drug-likeness (QED) is 0.434. The molecule has 0 aliphatic carbocycles. The monoisotopic (exact) mass is 460 g/mol. The van der Waals surface area contributed by atoms with Crippen LogP contribution < -0.4 is 16.0 Å². The van der Waals surface area contributed by atoms with Gasteiger partial charge in [-0.1, -0.05) is 13.3 Å². The molecule has 3 aromatic rings. The van der Waals surface area contributed by atoms with Crippen molar-refractivity contribution < 1.29 is 23.6 Å². The van der Waals surface area contributed by atoms with Crippen molar-refractivity contribution in [3.63, 3.8) is 0 Å². The van der Waals surface area contributed by atoms with E-state index >= 15 is 0 Å². The predicted octanol–water partition coefficient (Wildman–Crippen LogP) is 4.25. The molecule has 5 amide bonds. The summed E-state index contributed by atoms with van der Waals surface area (Å²) in [6.45, 7) is 2.62. The first-order valence-corrected chi connectivity index (χ1v) is 10.9. The van der Waals surface area contributed by atoms with Crippen molar-refractivity contribution in [2.24, 2.45) is 0 Å². The molecule has 34 heavy (non-hydrogen) atoms. The van der Waals surface area contributed by atoms with Crippen LogP contribution in [-0.2, 0) is 6.54 Å². The summed E-state index contributed by atoms with van der Waals surface area (Å²) in [6, 6.07) is 14.2. The van der Waals surface area contributed by atoms with Crippen LogP contribution in [0.5, 0.6) is 0 Å². The number of nitrogens with one attached hydrogen (secondary N) is 3. The number of fused-ring (bicyclic) bond motifs is 1. The number of nitrogens with zero attached hydrogens (tertiary/aromatic N) is 1. The molecule has 0 fully saturated rings. The van der Waals surface area contributed by atoms with E-state index in [1.54, 1.807) is 36.4 Å². The Morgan fingerprint density at radius 2 is 1.62 bits per heavy atom. The molecule has 9 nitrogen and oxygen atoms in total. The van der Waals surface area contributed by atoms with Gasteiger partial charge in [0.25, 0.3) is 17.7 Å². The number of anilines is 2. The molecule has 0 bridgehead atoms. The summed E-state index contributed by atoms with van der Waals surface area (Å²) in [7, 11) is 0. The highest BCUT2D eigenvalue weighted by molar-refractivity contribution is 6.22. The van der Waals surface area contributed by atoms with Crippen LogP contribution in [0.2, 0.25) is 0 Å². The molecule has 9 heteroatoms. The Hall–Kier alpha value is -4.40. The molecule has 174 valence electrons. The van der Waals surface area contributed by atoms with Crippen LogP contribution in [0.15, 0.2) is 65.3 Å². The van der Waals surface area contributed by atoms with Gasteiger partial charge in [-0.05, 0) is 61.0 Å². The molecule has 0 unspecified atom stereocenters. The Kier molecular flexibility index (Phi) is 6.72. The largest absolute Gasteiger partial charge is 0.467 e. The number of rotatable bonds is 8. The van der Waals surface area contributed by atoms with Crippen molar-refractivity contribution in [1.82, 2.24) is 10.2 Å². The lowest BCUT2D eigenvalue weighted by Gasteiger charge is -2.12. The minimum atomic E-state index is -0.410. The minimum Gasteiger partial charge on any atom is -0.467 e. The van der Waals surface area contributed by atoms with E-state index in [9.17, 15) is 19.2 Å². The van der Waals surface area contributed by atoms with Crippen LogP contribution in [0.3, 0.4) is 0 Å². The van der Waals surface area contributed by atoms with Crippen molar-refractivity contribution in [3.05, 3.63) is 83.3 Å². The van der Waals surface area contributed by atoms with Gasteiger partial charge >= 0.3 is 6.03 Å². The zero-order valence-corrected chi connectivity index (χ0v) is 18.6. The summed E-state index contributed by atoms with van der Waals surface area (Å²) < 4.78 is 5.16. The maximum atomic E-state index is 12.7. The number of urea groups is 1. The number of benzene rings is 2. The van der Waals surface area contributed by atoms with Crippen molar-refractivity contribution in [2.75, 3.05) is 17.2 Å². The van der Waals surface area contributed by atoms with E-state index in [1.165, 1.54) is 29.4 Å². The molecule has 0 saturated heterocycles. The van der Waals surface area contributed by atoms with Gasteiger partial charge in [-0.25, -0.2) is 4.79 Å². The molecule has 4 rings (SSSR count). The maximum Gasteiger partial charge on any atom is 0.319 e. The van der Waals surface area contributed by atoms with E-state index in [4.69, 9.17) is 4.42 Å². The Balaban J connectivity index is 1.35. The zero-order chi connectivity index (χ0) is 24.1. The minimum absolute atomic E-state index is 0.244. The summed E-state index contributed by atoms with van der Waals surface area (Å²) in [4.78, 5) is 51.0. The van der Waals surface area contributed by atoms with Crippen molar-refractivity contribution in [1.29, 1.82) is 0 Å². The number of furan rings is 1. The highest BCUT2D eigenvalue weighted by Gasteiger charge is 2.35. The van der Waals surface area contributed by atoms with Crippen molar-refractivity contribution >= 4 is 35.1 Å². The van der Waals surface area contributed by atoms with Gasteiger partial charge in [0, 0.05) is 23.5 Å². The third kappa shape index (κ3) is 4.98. The lowest BCUT2D eigenvalue weighted by Crippen LogP contribution is -2.30. The zero-order valence-electron chi connectivity index (χ0n) is 18.6. The van der Waals surface area contributed by atoms with E-state index in [0.29, 0.717) is 29.2 Å². The Labute approximate surface area is 196 Å². The van der Waals surface area contributed by atoms with Crippen molar-refractivity contribution in [2.45, 2.75) is 26.3 Å². The van der Waals surface area contributed by atoms with Gasteiger partial charge in [-0.3, -0.25) is 19.3 Å². The summed E-state index contributed by atoms with van der Waals surface area (Å²) in [5.74, 6) is -0.466. The van der Waals surface area contributed by atoms with E-state index in [1.807, 2.05) is 6.92 Å². The second-order valence-electron chi connectivity index (χ2n) is 7.79. The molecule has 2 heterocycles. The van der Waals surface area contributed by atoms with Crippen LogP contribution in [0.4, 0.5) is 16.2 Å². The van der Waals surface area contributed by atoms with Gasteiger partial charge in [0.15, 0.2) is 0 Å². The Morgan fingerprint density at radius 3 is 2.29 bits per heavy atom. The fraction of sp³-hybridized carbons (Fsp3) is 0.200. The van der Waals surface area contributed by atoms with Gasteiger partial charge in [0.1, 0.15) is 5.76 Å². The molecule has 0 spiro atoms.